The van der Waals surface area contributed by atoms with E-state index in [-0.39, 0.29) is 5.91 Å². The number of hydrogen-bond acceptors (Lipinski definition) is 3. The molecule has 128 valence electrons. The Hall–Kier alpha value is -2.01. The van der Waals surface area contributed by atoms with Crippen LogP contribution in [0.3, 0.4) is 0 Å². The van der Waals surface area contributed by atoms with Gasteiger partial charge in [0, 0.05) is 17.6 Å². The molecule has 1 amide bonds. The molecule has 0 aliphatic carbocycles. The van der Waals surface area contributed by atoms with Crippen molar-refractivity contribution in [2.45, 2.75) is 19.9 Å². The molecule has 0 aliphatic rings. The second-order valence-corrected chi connectivity index (χ2v) is 6.32. The largest absolute Gasteiger partial charge is 0.493 e. The van der Waals surface area contributed by atoms with Crippen LogP contribution in [0.2, 0.25) is 0 Å². The zero-order valence-corrected chi connectivity index (χ0v) is 15.8. The molecule has 0 spiro atoms. The summed E-state index contributed by atoms with van der Waals surface area (Å²) >= 11 is 3.41. The Labute approximate surface area is 151 Å². The number of nitrogens with zero attached hydrogens (tertiary/aromatic N) is 1. The van der Waals surface area contributed by atoms with E-state index in [9.17, 15) is 4.79 Å². The van der Waals surface area contributed by atoms with Gasteiger partial charge in [-0.25, -0.2) is 0 Å². The molecular formula is C19H22BrNO3. The monoisotopic (exact) mass is 391 g/mol. The van der Waals surface area contributed by atoms with Crippen LogP contribution in [0.4, 0.5) is 0 Å². The molecule has 0 aromatic heterocycles. The van der Waals surface area contributed by atoms with E-state index in [2.05, 4.69) is 15.9 Å². The Kier molecular flexibility index (Phi) is 6.67. The summed E-state index contributed by atoms with van der Waals surface area (Å²) in [6, 6.07) is 13.6. The molecule has 0 atom stereocenters. The van der Waals surface area contributed by atoms with Crippen molar-refractivity contribution in [2.24, 2.45) is 0 Å². The molecular weight excluding hydrogens is 370 g/mol. The smallest absolute Gasteiger partial charge is 0.227 e. The van der Waals surface area contributed by atoms with Gasteiger partial charge in [0.15, 0.2) is 11.5 Å². The summed E-state index contributed by atoms with van der Waals surface area (Å²) in [6.07, 6.45) is 0.397. The highest BCUT2D eigenvalue weighted by Crippen LogP contribution is 2.28. The third kappa shape index (κ3) is 4.74. The lowest BCUT2D eigenvalue weighted by Gasteiger charge is -2.22. The molecule has 0 unspecified atom stereocenters. The number of rotatable bonds is 7. The highest BCUT2D eigenvalue weighted by atomic mass is 79.9. The summed E-state index contributed by atoms with van der Waals surface area (Å²) in [5, 5.41) is 0. The standard InChI is InChI=1S/C19H22BrNO3/c1-4-21(19(22)12-14-5-8-16(20)9-6-14)13-15-7-10-17(23-2)18(11-15)24-3/h5-11H,4,12-13H2,1-3H3. The Morgan fingerprint density at radius 3 is 2.21 bits per heavy atom. The molecule has 24 heavy (non-hydrogen) atoms. The van der Waals surface area contributed by atoms with E-state index >= 15 is 0 Å². The van der Waals surface area contributed by atoms with E-state index in [0.717, 1.165) is 15.6 Å². The highest BCUT2D eigenvalue weighted by molar-refractivity contribution is 9.10. The highest BCUT2D eigenvalue weighted by Gasteiger charge is 2.14. The first-order valence-electron chi connectivity index (χ1n) is 7.80. The third-order valence-electron chi connectivity index (χ3n) is 3.82. The number of methoxy groups -OCH3 is 2. The van der Waals surface area contributed by atoms with E-state index in [1.54, 1.807) is 14.2 Å². The lowest BCUT2D eigenvalue weighted by molar-refractivity contribution is -0.130. The summed E-state index contributed by atoms with van der Waals surface area (Å²) in [6.45, 7) is 3.19. The average molecular weight is 392 g/mol. The quantitative estimate of drug-likeness (QED) is 0.714. The van der Waals surface area contributed by atoms with Gasteiger partial charge in [-0.1, -0.05) is 34.1 Å². The van der Waals surface area contributed by atoms with Crippen molar-refractivity contribution in [1.29, 1.82) is 0 Å². The molecule has 0 heterocycles. The summed E-state index contributed by atoms with van der Waals surface area (Å²) < 4.78 is 11.6. The summed E-state index contributed by atoms with van der Waals surface area (Å²) in [5.41, 5.74) is 2.02. The molecule has 4 nitrogen and oxygen atoms in total. The van der Waals surface area contributed by atoms with Crippen LogP contribution in [0, 0.1) is 0 Å². The second kappa shape index (κ2) is 8.73. The molecule has 0 N–H and O–H groups in total. The van der Waals surface area contributed by atoms with Crippen LogP contribution in [0.15, 0.2) is 46.9 Å². The Morgan fingerprint density at radius 2 is 1.62 bits per heavy atom. The predicted molar refractivity (Wildman–Crippen MR) is 98.5 cm³/mol. The van der Waals surface area contributed by atoms with E-state index in [4.69, 9.17) is 9.47 Å². The Bertz CT molecular complexity index is 686. The van der Waals surface area contributed by atoms with E-state index in [1.165, 1.54) is 0 Å². The molecule has 0 radical (unpaired) electrons. The maximum atomic E-state index is 12.6. The fourth-order valence-corrected chi connectivity index (χ4v) is 2.73. The van der Waals surface area contributed by atoms with Gasteiger partial charge in [-0.15, -0.1) is 0 Å². The van der Waals surface area contributed by atoms with Crippen molar-refractivity contribution < 1.29 is 14.3 Å². The van der Waals surface area contributed by atoms with Gasteiger partial charge in [0.25, 0.3) is 0 Å². The molecule has 0 saturated carbocycles. The van der Waals surface area contributed by atoms with Crippen LogP contribution in [0.25, 0.3) is 0 Å². The van der Waals surface area contributed by atoms with Crippen molar-refractivity contribution in [3.05, 3.63) is 58.1 Å². The van der Waals surface area contributed by atoms with Gasteiger partial charge in [0.2, 0.25) is 5.91 Å². The van der Waals surface area contributed by atoms with E-state index < -0.39 is 0 Å². The minimum Gasteiger partial charge on any atom is -0.493 e. The summed E-state index contributed by atoms with van der Waals surface area (Å²) in [7, 11) is 3.22. The molecule has 2 rings (SSSR count). The molecule has 2 aromatic rings. The van der Waals surface area contributed by atoms with Crippen LogP contribution in [0.1, 0.15) is 18.1 Å². The minimum absolute atomic E-state index is 0.106. The van der Waals surface area contributed by atoms with Crippen LogP contribution in [-0.4, -0.2) is 31.6 Å². The fourth-order valence-electron chi connectivity index (χ4n) is 2.46. The lowest BCUT2D eigenvalue weighted by atomic mass is 10.1. The van der Waals surface area contributed by atoms with Gasteiger partial charge in [0.1, 0.15) is 0 Å². The number of benzene rings is 2. The number of carbonyl (C=O) groups excluding carboxylic acids is 1. The predicted octanol–water partition coefficient (Wildman–Crippen LogP) is 4.06. The van der Waals surface area contributed by atoms with Crippen molar-refractivity contribution in [2.75, 3.05) is 20.8 Å². The van der Waals surface area contributed by atoms with Gasteiger partial charge >= 0.3 is 0 Å². The average Bonchev–Trinajstić information content (AvgIpc) is 2.61. The van der Waals surface area contributed by atoms with Gasteiger partial charge in [-0.2, -0.15) is 0 Å². The fraction of sp³-hybridized carbons (Fsp3) is 0.316. The number of halogens is 1. The first-order valence-corrected chi connectivity index (χ1v) is 8.59. The van der Waals surface area contributed by atoms with Crippen molar-refractivity contribution in [3.8, 4) is 11.5 Å². The Morgan fingerprint density at radius 1 is 1.00 bits per heavy atom. The van der Waals surface area contributed by atoms with Crippen LogP contribution in [0.5, 0.6) is 11.5 Å². The first-order chi connectivity index (χ1) is 11.6. The van der Waals surface area contributed by atoms with E-state index in [1.807, 2.05) is 54.3 Å². The zero-order valence-electron chi connectivity index (χ0n) is 14.2. The topological polar surface area (TPSA) is 38.8 Å². The molecule has 0 aliphatic heterocycles. The summed E-state index contributed by atoms with van der Waals surface area (Å²) in [5.74, 6) is 1.46. The second-order valence-electron chi connectivity index (χ2n) is 5.40. The number of likely N-dealkylation sites (N-methyl/N-ethyl adjacent to an activating group) is 1. The molecule has 0 bridgehead atoms. The zero-order chi connectivity index (χ0) is 17.5. The van der Waals surface area contributed by atoms with E-state index in [0.29, 0.717) is 31.0 Å². The minimum atomic E-state index is 0.106. The molecule has 2 aromatic carbocycles. The summed E-state index contributed by atoms with van der Waals surface area (Å²) in [4.78, 5) is 14.4. The first kappa shape index (κ1) is 18.3. The molecule has 0 saturated heterocycles. The Balaban J connectivity index is 2.08. The third-order valence-corrected chi connectivity index (χ3v) is 4.35. The SMILES string of the molecule is CCN(Cc1ccc(OC)c(OC)c1)C(=O)Cc1ccc(Br)cc1. The number of carbonyl (C=O) groups is 1. The molecule has 0 fully saturated rings. The van der Waals surface area contributed by atoms with Crippen molar-refractivity contribution in [1.82, 2.24) is 4.90 Å². The number of ether oxygens (including phenoxy) is 2. The number of amides is 1. The van der Waals surface area contributed by atoms with Crippen LogP contribution < -0.4 is 9.47 Å². The normalized spacial score (nSPS) is 10.3. The number of hydrogen-bond donors (Lipinski definition) is 0. The van der Waals surface area contributed by atoms with Crippen LogP contribution >= 0.6 is 15.9 Å². The van der Waals surface area contributed by atoms with Gasteiger partial charge < -0.3 is 14.4 Å². The van der Waals surface area contributed by atoms with Crippen LogP contribution in [-0.2, 0) is 17.8 Å². The maximum absolute atomic E-state index is 12.6. The van der Waals surface area contributed by atoms with Gasteiger partial charge in [-0.05, 0) is 42.3 Å². The molecule has 5 heteroatoms. The van der Waals surface area contributed by atoms with Crippen molar-refractivity contribution in [3.63, 3.8) is 0 Å². The lowest BCUT2D eigenvalue weighted by Crippen LogP contribution is -2.31. The van der Waals surface area contributed by atoms with Gasteiger partial charge in [0.05, 0.1) is 20.6 Å². The van der Waals surface area contributed by atoms with Gasteiger partial charge in [-0.3, -0.25) is 4.79 Å². The van der Waals surface area contributed by atoms with Crippen molar-refractivity contribution >= 4 is 21.8 Å². The maximum Gasteiger partial charge on any atom is 0.227 e.